The molecule has 6 nitrogen and oxygen atoms in total. The van der Waals surface area contributed by atoms with Crippen molar-refractivity contribution in [1.82, 2.24) is 10.6 Å². The number of nitrogens with one attached hydrogen (secondary N) is 2. The summed E-state index contributed by atoms with van der Waals surface area (Å²) in [6, 6.07) is 6.01. The van der Waals surface area contributed by atoms with Crippen LogP contribution in [0.2, 0.25) is 0 Å². The number of aliphatic imine (C=N–C) groups is 1. The summed E-state index contributed by atoms with van der Waals surface area (Å²) in [5.41, 5.74) is 1.12. The van der Waals surface area contributed by atoms with E-state index in [9.17, 15) is 0 Å². The largest absolute Gasteiger partial charge is 0.496 e. The minimum Gasteiger partial charge on any atom is -0.496 e. The average molecular weight is 556 g/mol. The maximum absolute atomic E-state index is 5.73. The van der Waals surface area contributed by atoms with Crippen LogP contribution >= 0.6 is 39.9 Å². The number of hydrogen-bond acceptors (Lipinski definition) is 4. The lowest BCUT2D eigenvalue weighted by molar-refractivity contribution is 0.0888. The van der Waals surface area contributed by atoms with Crippen molar-refractivity contribution >= 4 is 45.9 Å². The van der Waals surface area contributed by atoms with Crippen molar-refractivity contribution in [3.05, 3.63) is 28.2 Å². The van der Waals surface area contributed by atoms with E-state index in [1.54, 1.807) is 7.11 Å². The molecule has 0 bridgehead atoms. The third-order valence-corrected chi connectivity index (χ3v) is 4.74. The summed E-state index contributed by atoms with van der Waals surface area (Å²) in [5, 5.41) is 6.63. The minimum atomic E-state index is 0. The van der Waals surface area contributed by atoms with Crippen LogP contribution < -0.4 is 15.4 Å². The van der Waals surface area contributed by atoms with Crippen molar-refractivity contribution in [3.63, 3.8) is 0 Å². The average Bonchev–Trinajstić information content (AvgIpc) is 3.16. The molecule has 1 fully saturated rings. The van der Waals surface area contributed by atoms with E-state index in [-0.39, 0.29) is 24.0 Å². The number of nitrogens with zero attached hydrogens (tertiary/aromatic N) is 1. The predicted octanol–water partition coefficient (Wildman–Crippen LogP) is 3.57. The zero-order valence-electron chi connectivity index (χ0n) is 16.1. The first-order valence-electron chi connectivity index (χ1n) is 9.23. The van der Waals surface area contributed by atoms with Gasteiger partial charge in [-0.2, -0.15) is 0 Å². The van der Waals surface area contributed by atoms with Crippen LogP contribution in [0.3, 0.4) is 0 Å². The fourth-order valence-electron chi connectivity index (χ4n) is 2.67. The first kappa shape index (κ1) is 24.5. The third-order valence-electron chi connectivity index (χ3n) is 4.12. The molecule has 0 radical (unpaired) electrons. The summed E-state index contributed by atoms with van der Waals surface area (Å²) in [6.07, 6.45) is 2.07. The van der Waals surface area contributed by atoms with Gasteiger partial charge in [-0.3, -0.25) is 0 Å². The van der Waals surface area contributed by atoms with E-state index in [1.165, 1.54) is 0 Å². The van der Waals surface area contributed by atoms with Crippen LogP contribution in [-0.4, -0.2) is 52.6 Å². The molecule has 154 valence electrons. The fourth-order valence-corrected chi connectivity index (χ4v) is 3.25. The van der Waals surface area contributed by atoms with Crippen LogP contribution in [0.25, 0.3) is 0 Å². The van der Waals surface area contributed by atoms with Gasteiger partial charge in [0.1, 0.15) is 5.75 Å². The zero-order chi connectivity index (χ0) is 18.6. The normalized spacial score (nSPS) is 16.7. The molecule has 0 aliphatic carbocycles. The van der Waals surface area contributed by atoms with Gasteiger partial charge in [-0.15, -0.1) is 24.0 Å². The number of benzene rings is 1. The van der Waals surface area contributed by atoms with Gasteiger partial charge in [0.15, 0.2) is 5.96 Å². The van der Waals surface area contributed by atoms with E-state index in [0.717, 1.165) is 74.1 Å². The van der Waals surface area contributed by atoms with Crippen molar-refractivity contribution in [2.45, 2.75) is 26.3 Å². The Bertz CT molecular complexity index is 569. The number of rotatable bonds is 10. The van der Waals surface area contributed by atoms with Gasteiger partial charge < -0.3 is 24.8 Å². The van der Waals surface area contributed by atoms with E-state index in [4.69, 9.17) is 14.2 Å². The molecule has 1 aliphatic rings. The van der Waals surface area contributed by atoms with Crippen LogP contribution in [0.1, 0.15) is 25.3 Å². The molecule has 0 saturated carbocycles. The van der Waals surface area contributed by atoms with Gasteiger partial charge in [0.25, 0.3) is 0 Å². The summed E-state index contributed by atoms with van der Waals surface area (Å²) < 4.78 is 17.3. The summed E-state index contributed by atoms with van der Waals surface area (Å²) in [4.78, 5) is 4.64. The quantitative estimate of drug-likeness (QED) is 0.200. The molecule has 1 aliphatic heterocycles. The maximum Gasteiger partial charge on any atom is 0.191 e. The molecule has 1 unspecified atom stereocenters. The van der Waals surface area contributed by atoms with Gasteiger partial charge >= 0.3 is 0 Å². The molecule has 2 N–H and O–H groups in total. The molecular formula is C19H31BrIN3O3. The molecule has 0 aromatic heterocycles. The summed E-state index contributed by atoms with van der Waals surface area (Å²) in [6.45, 7) is 7.62. The smallest absolute Gasteiger partial charge is 0.191 e. The summed E-state index contributed by atoms with van der Waals surface area (Å²) >= 11 is 3.51. The molecule has 1 heterocycles. The van der Waals surface area contributed by atoms with Crippen LogP contribution in [0.15, 0.2) is 27.7 Å². The van der Waals surface area contributed by atoms with Crippen LogP contribution in [0, 0.1) is 5.92 Å². The Labute approximate surface area is 188 Å². The minimum absolute atomic E-state index is 0. The molecule has 1 atom stereocenters. The third kappa shape index (κ3) is 9.45. The van der Waals surface area contributed by atoms with E-state index < -0.39 is 0 Å². The van der Waals surface area contributed by atoms with Gasteiger partial charge in [-0.25, -0.2) is 4.99 Å². The van der Waals surface area contributed by atoms with Gasteiger partial charge in [-0.1, -0.05) is 6.07 Å². The molecule has 8 heteroatoms. The maximum atomic E-state index is 5.73. The van der Waals surface area contributed by atoms with E-state index >= 15 is 0 Å². The number of hydrogen-bond donors (Lipinski definition) is 2. The van der Waals surface area contributed by atoms with Crippen LogP contribution in [0.5, 0.6) is 5.75 Å². The SMILES string of the molecule is CCNC(=NCc1ccc(OC)c(Br)c1)NCCCOCC1CCOC1.I. The second kappa shape index (κ2) is 14.4. The van der Waals surface area contributed by atoms with Gasteiger partial charge in [0.2, 0.25) is 0 Å². The van der Waals surface area contributed by atoms with Gasteiger partial charge in [0, 0.05) is 32.2 Å². The lowest BCUT2D eigenvalue weighted by Crippen LogP contribution is -2.38. The van der Waals surface area contributed by atoms with Gasteiger partial charge in [-0.05, 0) is 53.4 Å². The summed E-state index contributed by atoms with van der Waals surface area (Å²) in [7, 11) is 1.66. The van der Waals surface area contributed by atoms with E-state index in [0.29, 0.717) is 12.5 Å². The Morgan fingerprint density at radius 1 is 1.37 bits per heavy atom. The molecule has 1 aromatic rings. The Kier molecular flexibility index (Phi) is 13.1. The van der Waals surface area contributed by atoms with Crippen molar-refractivity contribution in [2.75, 3.05) is 46.6 Å². The van der Waals surface area contributed by atoms with Crippen molar-refractivity contribution in [2.24, 2.45) is 10.9 Å². The highest BCUT2D eigenvalue weighted by molar-refractivity contribution is 14.0. The molecule has 2 rings (SSSR count). The molecule has 0 amide bonds. The highest BCUT2D eigenvalue weighted by Gasteiger charge is 2.15. The Hall–Kier alpha value is -0.580. The monoisotopic (exact) mass is 555 g/mol. The van der Waals surface area contributed by atoms with Crippen LogP contribution in [-0.2, 0) is 16.0 Å². The van der Waals surface area contributed by atoms with Crippen LogP contribution in [0.4, 0.5) is 0 Å². The number of ether oxygens (including phenoxy) is 3. The summed E-state index contributed by atoms with van der Waals surface area (Å²) in [5.74, 6) is 2.22. The van der Waals surface area contributed by atoms with E-state index in [2.05, 4.69) is 38.5 Å². The highest BCUT2D eigenvalue weighted by atomic mass is 127. The first-order valence-corrected chi connectivity index (χ1v) is 10.0. The van der Waals surface area contributed by atoms with Crippen molar-refractivity contribution in [1.29, 1.82) is 0 Å². The molecule has 27 heavy (non-hydrogen) atoms. The Balaban J connectivity index is 0.00000364. The topological polar surface area (TPSA) is 64.1 Å². The number of methoxy groups -OCH3 is 1. The number of halogens is 2. The first-order chi connectivity index (χ1) is 12.7. The highest BCUT2D eigenvalue weighted by Crippen LogP contribution is 2.25. The van der Waals surface area contributed by atoms with Crippen molar-refractivity contribution in [3.8, 4) is 5.75 Å². The Morgan fingerprint density at radius 2 is 2.22 bits per heavy atom. The van der Waals surface area contributed by atoms with E-state index in [1.807, 2.05) is 18.2 Å². The lowest BCUT2D eigenvalue weighted by Gasteiger charge is -2.12. The number of guanidine groups is 1. The second-order valence-electron chi connectivity index (χ2n) is 6.25. The standard InChI is InChI=1S/C19H30BrN3O3.HI/c1-3-21-19(22-8-4-9-25-13-16-7-10-26-14-16)23-12-15-5-6-18(24-2)17(20)11-15;/h5-6,11,16H,3-4,7-10,12-14H2,1-2H3,(H2,21,22,23);1H. The second-order valence-corrected chi connectivity index (χ2v) is 7.10. The molecule has 1 saturated heterocycles. The fraction of sp³-hybridized carbons (Fsp3) is 0.632. The van der Waals surface area contributed by atoms with Gasteiger partial charge in [0.05, 0.1) is 31.3 Å². The predicted molar refractivity (Wildman–Crippen MR) is 123 cm³/mol. The molecule has 1 aromatic carbocycles. The van der Waals surface area contributed by atoms with Crippen molar-refractivity contribution < 1.29 is 14.2 Å². The zero-order valence-corrected chi connectivity index (χ0v) is 20.0. The Morgan fingerprint density at radius 3 is 2.89 bits per heavy atom. The molecule has 0 spiro atoms. The lowest BCUT2D eigenvalue weighted by atomic mass is 10.1. The molecular weight excluding hydrogens is 525 g/mol.